The third-order valence-electron chi connectivity index (χ3n) is 2.35. The normalized spacial score (nSPS) is 10.0. The SMILES string of the molecule is CC.CC/C=C(\CC)OC(=N)c1cccc(OC)c1.FC(F)F. The minimum Gasteiger partial charge on any atom is -0.497 e. The predicted molar refractivity (Wildman–Crippen MR) is 88.0 cm³/mol. The van der Waals surface area contributed by atoms with Gasteiger partial charge in [-0.05, 0) is 30.7 Å². The lowest BCUT2D eigenvalue weighted by molar-refractivity contribution is 0.00819. The number of nitrogens with one attached hydrogen (secondary N) is 1. The van der Waals surface area contributed by atoms with E-state index in [0.29, 0.717) is 0 Å². The highest BCUT2D eigenvalue weighted by Crippen LogP contribution is 2.15. The summed E-state index contributed by atoms with van der Waals surface area (Å²) in [5.74, 6) is 1.72. The highest BCUT2D eigenvalue weighted by molar-refractivity contribution is 5.92. The standard InChI is InChI=1S/C14H19NO2.C2H6.CHF3/c1-4-7-12(5-2)17-14(15)11-8-6-9-13(10-11)16-3;1-2;2-1(3)4/h6-10,15H,4-5H2,1-3H3;1-2H3;1H/b12-7+,15-14?;;. The Morgan fingerprint density at radius 3 is 2.22 bits per heavy atom. The van der Waals surface area contributed by atoms with Crippen LogP contribution in [0.1, 0.15) is 46.1 Å². The van der Waals surface area contributed by atoms with Crippen molar-refractivity contribution in [2.45, 2.75) is 47.2 Å². The Kier molecular flexibility index (Phi) is 15.1. The maximum absolute atomic E-state index is 9.67. The third kappa shape index (κ3) is 12.3. The average Bonchev–Trinajstić information content (AvgIpc) is 2.55. The molecule has 0 saturated carbocycles. The molecule has 0 aromatic heterocycles. The molecule has 0 heterocycles. The van der Waals surface area contributed by atoms with Crippen molar-refractivity contribution in [3.63, 3.8) is 0 Å². The molecule has 0 atom stereocenters. The third-order valence-corrected chi connectivity index (χ3v) is 2.35. The Morgan fingerprint density at radius 2 is 1.78 bits per heavy atom. The molecule has 1 aromatic carbocycles. The van der Waals surface area contributed by atoms with Gasteiger partial charge >= 0.3 is 6.68 Å². The molecule has 6 heteroatoms. The summed E-state index contributed by atoms with van der Waals surface area (Å²) in [5.41, 5.74) is 0.722. The van der Waals surface area contributed by atoms with Crippen LogP contribution in [0.2, 0.25) is 0 Å². The van der Waals surface area contributed by atoms with Crippen LogP contribution in [0.3, 0.4) is 0 Å². The van der Waals surface area contributed by atoms with E-state index in [4.69, 9.17) is 14.9 Å². The maximum atomic E-state index is 9.67. The number of benzene rings is 1. The summed E-state index contributed by atoms with van der Waals surface area (Å²) in [7, 11) is 1.61. The van der Waals surface area contributed by atoms with Crippen LogP contribution >= 0.6 is 0 Å². The molecule has 0 fully saturated rings. The first-order valence-corrected chi connectivity index (χ1v) is 7.46. The highest BCUT2D eigenvalue weighted by atomic mass is 19.4. The van der Waals surface area contributed by atoms with Crippen molar-refractivity contribution >= 4 is 5.90 Å². The fraction of sp³-hybridized carbons (Fsp3) is 0.471. The van der Waals surface area contributed by atoms with Crippen molar-refractivity contribution in [3.05, 3.63) is 41.7 Å². The number of halogens is 3. The molecule has 132 valence electrons. The van der Waals surface area contributed by atoms with Crippen LogP contribution in [0.15, 0.2) is 36.1 Å². The molecule has 1 aromatic rings. The first kappa shape index (κ1) is 23.3. The average molecular weight is 333 g/mol. The number of methoxy groups -OCH3 is 1. The Balaban J connectivity index is 0. The largest absolute Gasteiger partial charge is 0.497 e. The maximum Gasteiger partial charge on any atom is 0.379 e. The van der Waals surface area contributed by atoms with Gasteiger partial charge in [0, 0.05) is 12.0 Å². The zero-order valence-corrected chi connectivity index (χ0v) is 14.3. The van der Waals surface area contributed by atoms with E-state index in [1.807, 2.05) is 52.0 Å². The van der Waals surface area contributed by atoms with Crippen LogP contribution in [0.25, 0.3) is 0 Å². The second-order valence-corrected chi connectivity index (χ2v) is 3.84. The summed E-state index contributed by atoms with van der Waals surface area (Å²) in [6, 6.07) is 7.33. The molecule has 0 spiro atoms. The second kappa shape index (κ2) is 14.9. The topological polar surface area (TPSA) is 42.3 Å². The first-order chi connectivity index (χ1) is 10.9. The summed E-state index contributed by atoms with van der Waals surface area (Å²) in [6.45, 7) is 4.40. The molecule has 0 amide bonds. The lowest BCUT2D eigenvalue weighted by Crippen LogP contribution is -2.05. The van der Waals surface area contributed by atoms with Crippen LogP contribution < -0.4 is 4.74 Å². The summed E-state index contributed by atoms with van der Waals surface area (Å²) in [4.78, 5) is 0. The molecule has 0 radical (unpaired) electrons. The van der Waals surface area contributed by atoms with Crippen molar-refractivity contribution in [1.82, 2.24) is 0 Å². The minimum atomic E-state index is -3.67. The molecule has 0 unspecified atom stereocenters. The van der Waals surface area contributed by atoms with Crippen molar-refractivity contribution in [1.29, 1.82) is 5.41 Å². The van der Waals surface area contributed by atoms with Gasteiger partial charge in [-0.3, -0.25) is 5.41 Å². The van der Waals surface area contributed by atoms with E-state index >= 15 is 0 Å². The summed E-state index contributed by atoms with van der Waals surface area (Å²) >= 11 is 0. The smallest absolute Gasteiger partial charge is 0.379 e. The molecule has 23 heavy (non-hydrogen) atoms. The molecule has 0 aliphatic rings. The number of ether oxygens (including phenoxy) is 2. The van der Waals surface area contributed by atoms with Gasteiger partial charge in [0.1, 0.15) is 11.5 Å². The van der Waals surface area contributed by atoms with E-state index in [9.17, 15) is 13.2 Å². The zero-order valence-electron chi connectivity index (χ0n) is 14.3. The molecule has 0 saturated heterocycles. The first-order valence-electron chi connectivity index (χ1n) is 7.46. The minimum absolute atomic E-state index is 0.158. The number of hydrogen-bond donors (Lipinski definition) is 1. The molecule has 1 rings (SSSR count). The molecule has 3 nitrogen and oxygen atoms in total. The van der Waals surface area contributed by atoms with Gasteiger partial charge in [0.25, 0.3) is 0 Å². The molecule has 1 N–H and O–H groups in total. The van der Waals surface area contributed by atoms with E-state index in [1.54, 1.807) is 13.2 Å². The molecular weight excluding hydrogens is 307 g/mol. The number of alkyl halides is 3. The number of rotatable bonds is 5. The fourth-order valence-electron chi connectivity index (χ4n) is 1.44. The number of allylic oxidation sites excluding steroid dienone is 2. The van der Waals surface area contributed by atoms with Crippen molar-refractivity contribution in [2.75, 3.05) is 7.11 Å². The monoisotopic (exact) mass is 333 g/mol. The van der Waals surface area contributed by atoms with Crippen LogP contribution in [-0.2, 0) is 4.74 Å². The van der Waals surface area contributed by atoms with Crippen LogP contribution in [-0.4, -0.2) is 19.7 Å². The summed E-state index contributed by atoms with van der Waals surface area (Å²) in [6.07, 6.45) is 3.70. The predicted octanol–water partition coefficient (Wildman–Crippen LogP) is 5.95. The van der Waals surface area contributed by atoms with Crippen LogP contribution in [0, 0.1) is 5.41 Å². The van der Waals surface area contributed by atoms with Crippen molar-refractivity contribution < 1.29 is 22.6 Å². The molecular formula is C17H26F3NO2. The summed E-state index contributed by atoms with van der Waals surface area (Å²) in [5, 5.41) is 7.90. The quantitative estimate of drug-likeness (QED) is 0.411. The van der Waals surface area contributed by atoms with E-state index < -0.39 is 6.68 Å². The van der Waals surface area contributed by atoms with Gasteiger partial charge < -0.3 is 9.47 Å². The van der Waals surface area contributed by atoms with Gasteiger partial charge in [-0.15, -0.1) is 0 Å². The van der Waals surface area contributed by atoms with Gasteiger partial charge in [0.2, 0.25) is 5.90 Å². The van der Waals surface area contributed by atoms with Crippen LogP contribution in [0.5, 0.6) is 5.75 Å². The van der Waals surface area contributed by atoms with Gasteiger partial charge in [0.15, 0.2) is 0 Å². The van der Waals surface area contributed by atoms with Crippen molar-refractivity contribution in [2.24, 2.45) is 0 Å². The van der Waals surface area contributed by atoms with E-state index in [2.05, 4.69) is 0 Å². The van der Waals surface area contributed by atoms with E-state index in [1.165, 1.54) is 0 Å². The highest BCUT2D eigenvalue weighted by Gasteiger charge is 2.06. The lowest BCUT2D eigenvalue weighted by atomic mass is 10.2. The summed E-state index contributed by atoms with van der Waals surface area (Å²) < 4.78 is 39.6. The van der Waals surface area contributed by atoms with Gasteiger partial charge in [-0.25, -0.2) is 0 Å². The van der Waals surface area contributed by atoms with Gasteiger partial charge in [-0.1, -0.05) is 33.8 Å². The fourth-order valence-corrected chi connectivity index (χ4v) is 1.44. The Bertz CT molecular complexity index is 460. The Labute approximate surface area is 136 Å². The zero-order chi connectivity index (χ0) is 18.3. The van der Waals surface area contributed by atoms with Gasteiger partial charge in [-0.2, -0.15) is 13.2 Å². The van der Waals surface area contributed by atoms with E-state index in [0.717, 1.165) is 29.9 Å². The second-order valence-electron chi connectivity index (χ2n) is 3.84. The van der Waals surface area contributed by atoms with Crippen LogP contribution in [0.4, 0.5) is 13.2 Å². The Morgan fingerprint density at radius 1 is 1.22 bits per heavy atom. The molecule has 0 aliphatic heterocycles. The Hall–Kier alpha value is -1.98. The lowest BCUT2D eigenvalue weighted by Gasteiger charge is -2.10. The number of hydrogen-bond acceptors (Lipinski definition) is 3. The van der Waals surface area contributed by atoms with Crippen molar-refractivity contribution in [3.8, 4) is 5.75 Å². The molecule has 0 aliphatic carbocycles. The van der Waals surface area contributed by atoms with Gasteiger partial charge in [0.05, 0.1) is 7.11 Å². The molecule has 0 bridgehead atoms. The van der Waals surface area contributed by atoms with E-state index in [-0.39, 0.29) is 5.90 Å².